The van der Waals surface area contributed by atoms with E-state index < -0.39 is 17.9 Å². The predicted molar refractivity (Wildman–Crippen MR) is 137 cm³/mol. The van der Waals surface area contributed by atoms with E-state index in [0.29, 0.717) is 44.9 Å². The van der Waals surface area contributed by atoms with Gasteiger partial charge in [0.25, 0.3) is 0 Å². The number of nitrogens with one attached hydrogen (secondary N) is 1. The minimum Gasteiger partial charge on any atom is -0.406 e. The fourth-order valence-electron chi connectivity index (χ4n) is 6.07. The van der Waals surface area contributed by atoms with Crippen molar-refractivity contribution in [2.45, 2.75) is 95.6 Å². The van der Waals surface area contributed by atoms with Gasteiger partial charge in [0, 0.05) is 26.2 Å². The van der Waals surface area contributed by atoms with Crippen LogP contribution in [0.4, 0.5) is 13.2 Å². The quantitative estimate of drug-likeness (QED) is 0.472. The number of piperazine rings is 1. The molecule has 0 radical (unpaired) electrons. The van der Waals surface area contributed by atoms with Crippen LogP contribution >= 0.6 is 12.4 Å². The van der Waals surface area contributed by atoms with Gasteiger partial charge in [-0.05, 0) is 49.3 Å². The number of nitrogens with zero attached hydrogens (tertiary/aromatic N) is 2. The van der Waals surface area contributed by atoms with Gasteiger partial charge in [-0.15, -0.1) is 25.6 Å². The summed E-state index contributed by atoms with van der Waals surface area (Å²) in [6.07, 6.45) is 4.91. The number of unbranched alkanes of at least 4 members (excludes halogenated alkanes) is 1. The van der Waals surface area contributed by atoms with Crippen LogP contribution in [0.2, 0.25) is 0 Å². The number of carbonyl (C=O) groups excluding carboxylic acids is 2. The Labute approximate surface area is 223 Å². The average molecular weight is 546 g/mol. The molecule has 2 saturated heterocycles. The zero-order valence-electron chi connectivity index (χ0n) is 21.5. The van der Waals surface area contributed by atoms with Crippen LogP contribution in [0.1, 0.15) is 76.7 Å². The van der Waals surface area contributed by atoms with Gasteiger partial charge >= 0.3 is 6.36 Å². The fraction of sp³-hybridized carbons (Fsp3) is 0.704. The molecule has 208 valence electrons. The standard InChI is InChI=1S/C27H38F3N3O3.ClH/c1-2-3-15-33-24(34)23(18-20-7-5-4-6-8-20)31-25(35)26(33)13-16-32(17-14-26)19-21-9-11-22(12-10-21)36-27(28,29)30;/h9-12,20,23H,2-8,13-19H2,1H3,(H,31,35);1H/t23-;/m0./s1. The third-order valence-corrected chi connectivity index (χ3v) is 8.08. The third kappa shape index (κ3) is 7.31. The average Bonchev–Trinajstić information content (AvgIpc) is 2.85. The first-order valence-corrected chi connectivity index (χ1v) is 13.4. The molecule has 2 heterocycles. The van der Waals surface area contributed by atoms with E-state index in [1.165, 1.54) is 31.4 Å². The van der Waals surface area contributed by atoms with Gasteiger partial charge in [-0.2, -0.15) is 0 Å². The first-order valence-electron chi connectivity index (χ1n) is 13.4. The number of rotatable bonds is 8. The van der Waals surface area contributed by atoms with Gasteiger partial charge in [-0.1, -0.05) is 57.6 Å². The minimum absolute atomic E-state index is 0. The summed E-state index contributed by atoms with van der Waals surface area (Å²) in [5.74, 6) is 0.315. The van der Waals surface area contributed by atoms with Crippen molar-refractivity contribution < 1.29 is 27.5 Å². The highest BCUT2D eigenvalue weighted by Crippen LogP contribution is 2.36. The van der Waals surface area contributed by atoms with E-state index in [1.54, 1.807) is 12.1 Å². The van der Waals surface area contributed by atoms with Gasteiger partial charge in [-0.25, -0.2) is 0 Å². The molecule has 1 aromatic rings. The highest BCUT2D eigenvalue weighted by Gasteiger charge is 2.53. The summed E-state index contributed by atoms with van der Waals surface area (Å²) >= 11 is 0. The van der Waals surface area contributed by atoms with Crippen molar-refractivity contribution in [3.8, 4) is 5.75 Å². The Morgan fingerprint density at radius 3 is 2.30 bits per heavy atom. The topological polar surface area (TPSA) is 61.9 Å². The monoisotopic (exact) mass is 545 g/mol. The summed E-state index contributed by atoms with van der Waals surface area (Å²) < 4.78 is 41.2. The number of halogens is 4. The second kappa shape index (κ2) is 12.7. The highest BCUT2D eigenvalue weighted by molar-refractivity contribution is 6.00. The van der Waals surface area contributed by atoms with Crippen LogP contribution in [0.15, 0.2) is 24.3 Å². The second-order valence-corrected chi connectivity index (χ2v) is 10.6. The molecule has 6 nitrogen and oxygen atoms in total. The smallest absolute Gasteiger partial charge is 0.406 e. The van der Waals surface area contributed by atoms with Gasteiger partial charge < -0.3 is 15.0 Å². The molecule has 3 aliphatic rings. The van der Waals surface area contributed by atoms with E-state index in [0.717, 1.165) is 37.7 Å². The lowest BCUT2D eigenvalue weighted by molar-refractivity contribution is -0.274. The maximum atomic E-state index is 13.6. The first kappa shape index (κ1) is 29.6. The summed E-state index contributed by atoms with van der Waals surface area (Å²) in [4.78, 5) is 31.2. The lowest BCUT2D eigenvalue weighted by Crippen LogP contribution is -2.73. The second-order valence-electron chi connectivity index (χ2n) is 10.6. The number of amides is 2. The van der Waals surface area contributed by atoms with Crippen molar-refractivity contribution in [2.75, 3.05) is 19.6 Å². The van der Waals surface area contributed by atoms with E-state index >= 15 is 0 Å². The Hall–Kier alpha value is -2.00. The Bertz CT molecular complexity index is 898. The zero-order valence-corrected chi connectivity index (χ0v) is 22.3. The van der Waals surface area contributed by atoms with Crippen LogP contribution in [0.3, 0.4) is 0 Å². The van der Waals surface area contributed by atoms with Crippen LogP contribution < -0.4 is 10.1 Å². The third-order valence-electron chi connectivity index (χ3n) is 8.08. The van der Waals surface area contributed by atoms with Crippen LogP contribution in [-0.2, 0) is 16.1 Å². The summed E-state index contributed by atoms with van der Waals surface area (Å²) in [6, 6.07) is 5.48. The van der Waals surface area contributed by atoms with E-state index in [2.05, 4.69) is 21.9 Å². The van der Waals surface area contributed by atoms with Crippen molar-refractivity contribution in [2.24, 2.45) is 5.92 Å². The summed E-state index contributed by atoms with van der Waals surface area (Å²) in [7, 11) is 0. The van der Waals surface area contributed by atoms with Crippen LogP contribution in [0.5, 0.6) is 5.75 Å². The number of hydrogen-bond acceptors (Lipinski definition) is 4. The molecule has 1 atom stereocenters. The molecule has 0 aromatic heterocycles. The van der Waals surface area contributed by atoms with Gasteiger partial charge in [-0.3, -0.25) is 14.5 Å². The molecule has 2 aliphatic heterocycles. The summed E-state index contributed by atoms with van der Waals surface area (Å²) in [5.41, 5.74) is 0.0657. The van der Waals surface area contributed by atoms with E-state index in [1.807, 2.05) is 4.90 Å². The van der Waals surface area contributed by atoms with Crippen LogP contribution in [0.25, 0.3) is 0 Å². The molecule has 0 bridgehead atoms. The largest absolute Gasteiger partial charge is 0.573 e. The number of ether oxygens (including phenoxy) is 1. The molecule has 2 amide bonds. The van der Waals surface area contributed by atoms with E-state index in [4.69, 9.17) is 0 Å². The zero-order chi connectivity index (χ0) is 25.8. The SMILES string of the molecule is CCCCN1C(=O)[C@H](CC2CCCCC2)NC(=O)C12CCN(Cc1ccc(OC(F)(F)F)cc1)CC2.Cl. The predicted octanol–water partition coefficient (Wildman–Crippen LogP) is 5.44. The van der Waals surface area contributed by atoms with Crippen LogP contribution in [-0.4, -0.2) is 59.2 Å². The van der Waals surface area contributed by atoms with Crippen molar-refractivity contribution >= 4 is 24.2 Å². The Kier molecular flexibility index (Phi) is 10.1. The molecule has 0 unspecified atom stereocenters. The molecule has 1 aliphatic carbocycles. The summed E-state index contributed by atoms with van der Waals surface area (Å²) in [5, 5.41) is 3.12. The highest BCUT2D eigenvalue weighted by atomic mass is 35.5. The maximum absolute atomic E-state index is 13.6. The molecule has 1 aromatic carbocycles. The number of hydrogen-bond donors (Lipinski definition) is 1. The Morgan fingerprint density at radius 2 is 1.70 bits per heavy atom. The van der Waals surface area contributed by atoms with E-state index in [9.17, 15) is 22.8 Å². The molecular formula is C27H39ClF3N3O3. The van der Waals surface area contributed by atoms with Gasteiger partial charge in [0.05, 0.1) is 0 Å². The van der Waals surface area contributed by atoms with Crippen molar-refractivity contribution in [1.29, 1.82) is 0 Å². The molecule has 1 N–H and O–H groups in total. The molecule has 1 saturated carbocycles. The molecule has 4 rings (SSSR count). The van der Waals surface area contributed by atoms with Gasteiger partial charge in [0.15, 0.2) is 0 Å². The Morgan fingerprint density at radius 1 is 1.05 bits per heavy atom. The summed E-state index contributed by atoms with van der Waals surface area (Å²) in [6.45, 7) is 4.53. The normalized spacial score (nSPS) is 23.0. The molecule has 37 heavy (non-hydrogen) atoms. The molecule has 3 fully saturated rings. The van der Waals surface area contributed by atoms with Crippen LogP contribution in [0, 0.1) is 5.92 Å². The van der Waals surface area contributed by atoms with E-state index in [-0.39, 0.29) is 30.0 Å². The molecular weight excluding hydrogens is 507 g/mol. The minimum atomic E-state index is -4.71. The fourth-order valence-corrected chi connectivity index (χ4v) is 6.07. The number of carbonyl (C=O) groups is 2. The maximum Gasteiger partial charge on any atom is 0.573 e. The molecule has 10 heteroatoms. The molecule has 1 spiro atoms. The van der Waals surface area contributed by atoms with Crippen molar-refractivity contribution in [1.82, 2.24) is 15.1 Å². The Balaban J connectivity index is 0.00000380. The number of alkyl halides is 3. The lowest BCUT2D eigenvalue weighted by atomic mass is 9.79. The number of piperidine rings is 1. The van der Waals surface area contributed by atoms with Gasteiger partial charge in [0.1, 0.15) is 17.3 Å². The number of benzene rings is 1. The first-order chi connectivity index (χ1) is 17.2. The van der Waals surface area contributed by atoms with Crippen molar-refractivity contribution in [3.63, 3.8) is 0 Å². The lowest BCUT2D eigenvalue weighted by Gasteiger charge is -2.52. The number of likely N-dealkylation sites (tertiary alicyclic amines) is 1. The van der Waals surface area contributed by atoms with Crippen molar-refractivity contribution in [3.05, 3.63) is 29.8 Å². The van der Waals surface area contributed by atoms with Gasteiger partial charge in [0.2, 0.25) is 11.8 Å².